The Labute approximate surface area is 103 Å². The number of likely N-dealkylation sites (tertiary alicyclic amines) is 1. The van der Waals surface area contributed by atoms with E-state index in [0.717, 1.165) is 0 Å². The van der Waals surface area contributed by atoms with Gasteiger partial charge in [-0.15, -0.1) is 6.58 Å². The zero-order valence-corrected chi connectivity index (χ0v) is 12.5. The second-order valence-electron chi connectivity index (χ2n) is 5.64. The van der Waals surface area contributed by atoms with E-state index in [1.807, 2.05) is 0 Å². The summed E-state index contributed by atoms with van der Waals surface area (Å²) in [5.74, 6) is 0. The normalized spacial score (nSPS) is 17.9. The minimum absolute atomic E-state index is 1.02. The van der Waals surface area contributed by atoms with Gasteiger partial charge < -0.3 is 4.90 Å². The van der Waals surface area contributed by atoms with E-state index in [9.17, 15) is 0 Å². The van der Waals surface area contributed by atoms with Crippen molar-refractivity contribution in [3.8, 4) is 0 Å². The zero-order chi connectivity index (χ0) is 12.0. The summed E-state index contributed by atoms with van der Waals surface area (Å²) in [5.41, 5.74) is 1.41. The van der Waals surface area contributed by atoms with E-state index >= 15 is 0 Å². The standard InChI is InChI=1S/C14H29NSi/c1-5-16(6-2,13-14(3)4)12-11-15-9-7-8-10-15/h3,5-13H2,1-2,4H3. The molecule has 1 aliphatic heterocycles. The van der Waals surface area contributed by atoms with E-state index in [0.29, 0.717) is 0 Å². The van der Waals surface area contributed by atoms with Crippen LogP contribution in [-0.4, -0.2) is 32.6 Å². The molecular formula is C14H29NSi. The molecule has 0 amide bonds. The van der Waals surface area contributed by atoms with Crippen LogP contribution in [-0.2, 0) is 0 Å². The first-order valence-corrected chi connectivity index (χ1v) is 9.81. The van der Waals surface area contributed by atoms with Crippen molar-refractivity contribution in [3.63, 3.8) is 0 Å². The fraction of sp³-hybridized carbons (Fsp3) is 0.857. The van der Waals surface area contributed by atoms with Crippen LogP contribution < -0.4 is 0 Å². The summed E-state index contributed by atoms with van der Waals surface area (Å²) in [5, 5.41) is 0. The molecule has 0 N–H and O–H groups in total. The summed E-state index contributed by atoms with van der Waals surface area (Å²) in [6.45, 7) is 15.2. The van der Waals surface area contributed by atoms with Crippen LogP contribution in [0.1, 0.15) is 33.6 Å². The van der Waals surface area contributed by atoms with Gasteiger partial charge in [0.05, 0.1) is 8.07 Å². The van der Waals surface area contributed by atoms with Gasteiger partial charge in [-0.05, 0) is 51.5 Å². The summed E-state index contributed by atoms with van der Waals surface area (Å²) in [7, 11) is -1.02. The van der Waals surface area contributed by atoms with Crippen LogP contribution in [0.3, 0.4) is 0 Å². The predicted octanol–water partition coefficient (Wildman–Crippen LogP) is 4.15. The molecule has 0 bridgehead atoms. The number of hydrogen-bond donors (Lipinski definition) is 0. The Morgan fingerprint density at radius 1 is 1.19 bits per heavy atom. The summed E-state index contributed by atoms with van der Waals surface area (Å²) in [6.07, 6.45) is 2.85. The molecule has 0 atom stereocenters. The van der Waals surface area contributed by atoms with Crippen LogP contribution in [0.5, 0.6) is 0 Å². The van der Waals surface area contributed by atoms with Gasteiger partial charge in [-0.1, -0.05) is 31.5 Å². The van der Waals surface area contributed by atoms with Crippen LogP contribution in [0, 0.1) is 0 Å². The van der Waals surface area contributed by atoms with E-state index in [1.54, 1.807) is 0 Å². The molecule has 1 nitrogen and oxygen atoms in total. The molecule has 0 radical (unpaired) electrons. The van der Waals surface area contributed by atoms with E-state index in [-0.39, 0.29) is 0 Å². The topological polar surface area (TPSA) is 3.24 Å². The lowest BCUT2D eigenvalue weighted by atomic mass is 10.4. The molecule has 0 unspecified atom stereocenters. The SMILES string of the molecule is C=C(C)C[Si](CC)(CC)CCN1CCCC1. The first-order chi connectivity index (χ1) is 7.62. The molecule has 16 heavy (non-hydrogen) atoms. The van der Waals surface area contributed by atoms with Crippen LogP contribution in [0.4, 0.5) is 0 Å². The van der Waals surface area contributed by atoms with Crippen molar-refractivity contribution in [2.45, 2.75) is 57.8 Å². The third kappa shape index (κ3) is 4.06. The Bertz CT molecular complexity index is 215. The second kappa shape index (κ2) is 6.60. The van der Waals surface area contributed by atoms with Gasteiger partial charge in [0, 0.05) is 0 Å². The molecular weight excluding hydrogens is 210 g/mol. The van der Waals surface area contributed by atoms with Crippen LogP contribution >= 0.6 is 0 Å². The lowest BCUT2D eigenvalue weighted by Crippen LogP contribution is -2.37. The molecule has 0 aromatic carbocycles. The lowest BCUT2D eigenvalue weighted by Gasteiger charge is -2.31. The highest BCUT2D eigenvalue weighted by molar-refractivity contribution is 6.80. The van der Waals surface area contributed by atoms with Gasteiger partial charge in [0.25, 0.3) is 0 Å². The second-order valence-corrected chi connectivity index (χ2v) is 10.9. The summed E-state index contributed by atoms with van der Waals surface area (Å²) in [4.78, 5) is 2.67. The number of rotatable bonds is 7. The molecule has 0 aliphatic carbocycles. The first kappa shape index (κ1) is 14.0. The monoisotopic (exact) mass is 239 g/mol. The van der Waals surface area contributed by atoms with Gasteiger partial charge in [0.2, 0.25) is 0 Å². The summed E-state index contributed by atoms with van der Waals surface area (Å²) < 4.78 is 0. The maximum absolute atomic E-state index is 4.14. The van der Waals surface area contributed by atoms with Gasteiger partial charge in [-0.3, -0.25) is 0 Å². The van der Waals surface area contributed by atoms with Gasteiger partial charge in [0.1, 0.15) is 0 Å². The third-order valence-electron chi connectivity index (χ3n) is 4.33. The number of hydrogen-bond acceptors (Lipinski definition) is 1. The van der Waals surface area contributed by atoms with Crippen molar-refractivity contribution < 1.29 is 0 Å². The highest BCUT2D eigenvalue weighted by Crippen LogP contribution is 2.29. The van der Waals surface area contributed by atoms with Gasteiger partial charge in [-0.2, -0.15) is 0 Å². The minimum atomic E-state index is -1.02. The van der Waals surface area contributed by atoms with Crippen LogP contribution in [0.2, 0.25) is 24.2 Å². The van der Waals surface area contributed by atoms with E-state index in [2.05, 4.69) is 32.3 Å². The first-order valence-electron chi connectivity index (χ1n) is 6.98. The lowest BCUT2D eigenvalue weighted by molar-refractivity contribution is 0.356. The Morgan fingerprint density at radius 2 is 1.75 bits per heavy atom. The van der Waals surface area contributed by atoms with Crippen molar-refractivity contribution in [1.82, 2.24) is 4.90 Å². The number of nitrogens with zero attached hydrogens (tertiary/aromatic N) is 1. The average molecular weight is 239 g/mol. The van der Waals surface area contributed by atoms with E-state index in [1.165, 1.54) is 62.2 Å². The fourth-order valence-electron chi connectivity index (χ4n) is 2.98. The van der Waals surface area contributed by atoms with E-state index < -0.39 is 8.07 Å². The highest BCUT2D eigenvalue weighted by atomic mass is 28.3. The van der Waals surface area contributed by atoms with Crippen LogP contribution in [0.25, 0.3) is 0 Å². The summed E-state index contributed by atoms with van der Waals surface area (Å²) in [6, 6.07) is 5.72. The number of allylic oxidation sites excluding steroid dienone is 1. The molecule has 0 saturated carbocycles. The van der Waals surface area contributed by atoms with Crippen molar-refractivity contribution in [2.24, 2.45) is 0 Å². The van der Waals surface area contributed by atoms with Crippen molar-refractivity contribution in [1.29, 1.82) is 0 Å². The van der Waals surface area contributed by atoms with Gasteiger partial charge in [0.15, 0.2) is 0 Å². The molecule has 0 aromatic heterocycles. The molecule has 1 rings (SSSR count). The molecule has 0 aromatic rings. The van der Waals surface area contributed by atoms with Crippen molar-refractivity contribution in [2.75, 3.05) is 19.6 Å². The Balaban J connectivity index is 2.45. The smallest absolute Gasteiger partial charge is 0.0583 e. The highest BCUT2D eigenvalue weighted by Gasteiger charge is 2.29. The third-order valence-corrected chi connectivity index (χ3v) is 9.97. The molecule has 1 saturated heterocycles. The van der Waals surface area contributed by atoms with Gasteiger partial charge in [-0.25, -0.2) is 0 Å². The van der Waals surface area contributed by atoms with Crippen LogP contribution in [0.15, 0.2) is 12.2 Å². The Morgan fingerprint density at radius 3 is 2.19 bits per heavy atom. The van der Waals surface area contributed by atoms with Crippen molar-refractivity contribution >= 4 is 8.07 Å². The summed E-state index contributed by atoms with van der Waals surface area (Å²) >= 11 is 0. The molecule has 1 fully saturated rings. The average Bonchev–Trinajstić information content (AvgIpc) is 2.77. The fourth-order valence-corrected chi connectivity index (χ4v) is 6.94. The molecule has 1 aliphatic rings. The predicted molar refractivity (Wildman–Crippen MR) is 76.8 cm³/mol. The maximum atomic E-state index is 4.14. The van der Waals surface area contributed by atoms with E-state index in [4.69, 9.17) is 0 Å². The Hall–Kier alpha value is -0.0831. The van der Waals surface area contributed by atoms with Crippen molar-refractivity contribution in [3.05, 3.63) is 12.2 Å². The largest absolute Gasteiger partial charge is 0.304 e. The molecule has 0 spiro atoms. The molecule has 2 heteroatoms. The van der Waals surface area contributed by atoms with Gasteiger partial charge >= 0.3 is 0 Å². The maximum Gasteiger partial charge on any atom is 0.0583 e. The molecule has 94 valence electrons. The molecule has 1 heterocycles. The Kier molecular flexibility index (Phi) is 5.77. The zero-order valence-electron chi connectivity index (χ0n) is 11.5. The minimum Gasteiger partial charge on any atom is -0.304 e. The quantitative estimate of drug-likeness (QED) is 0.476.